The Labute approximate surface area is 161 Å². The zero-order chi connectivity index (χ0) is 19.5. The predicted octanol–water partition coefficient (Wildman–Crippen LogP) is 3.50. The number of benzene rings is 1. The number of carbonyl (C=O) groups is 1. The summed E-state index contributed by atoms with van der Waals surface area (Å²) < 4.78 is 15.5. The van der Waals surface area contributed by atoms with E-state index in [4.69, 9.17) is 0 Å². The summed E-state index contributed by atoms with van der Waals surface area (Å²) in [6, 6.07) is 7.56. The van der Waals surface area contributed by atoms with Crippen molar-refractivity contribution >= 4 is 16.8 Å². The molecule has 7 heteroatoms. The van der Waals surface area contributed by atoms with Crippen LogP contribution < -0.4 is 5.32 Å². The number of nitrogens with one attached hydrogen (secondary N) is 1. The first kappa shape index (κ1) is 17.8. The van der Waals surface area contributed by atoms with Crippen LogP contribution in [0.4, 0.5) is 4.39 Å². The van der Waals surface area contributed by atoms with Crippen LogP contribution in [0.2, 0.25) is 0 Å². The number of carbonyl (C=O) groups excluding carboxylic acids is 1. The third-order valence-electron chi connectivity index (χ3n) is 4.64. The molecule has 1 unspecified atom stereocenters. The molecule has 6 nitrogen and oxygen atoms in total. The summed E-state index contributed by atoms with van der Waals surface area (Å²) in [5, 5.41) is 3.99. The molecule has 0 saturated heterocycles. The zero-order valence-electron chi connectivity index (χ0n) is 15.2. The van der Waals surface area contributed by atoms with Gasteiger partial charge in [0.15, 0.2) is 0 Å². The highest BCUT2D eigenvalue weighted by Crippen LogP contribution is 2.31. The Morgan fingerprint density at radius 1 is 1.11 bits per heavy atom. The van der Waals surface area contributed by atoms with Crippen molar-refractivity contribution < 1.29 is 9.18 Å². The zero-order valence-corrected chi connectivity index (χ0v) is 15.2. The van der Waals surface area contributed by atoms with Gasteiger partial charge in [-0.3, -0.25) is 14.8 Å². The molecule has 0 aliphatic carbocycles. The highest BCUT2D eigenvalue weighted by atomic mass is 19.1. The predicted molar refractivity (Wildman–Crippen MR) is 103 cm³/mol. The Kier molecular flexibility index (Phi) is 4.80. The van der Waals surface area contributed by atoms with Crippen molar-refractivity contribution in [1.82, 2.24) is 24.8 Å². The number of aromatic nitrogens is 4. The minimum absolute atomic E-state index is 0.218. The van der Waals surface area contributed by atoms with Gasteiger partial charge >= 0.3 is 0 Å². The van der Waals surface area contributed by atoms with Gasteiger partial charge in [0.05, 0.1) is 24.0 Å². The average Bonchev–Trinajstić information content (AvgIpc) is 3.12. The monoisotopic (exact) mass is 375 g/mol. The minimum Gasteiger partial charge on any atom is -0.346 e. The smallest absolute Gasteiger partial charge is 0.272 e. The number of hydrogen-bond acceptors (Lipinski definition) is 4. The Bertz CT molecular complexity index is 1110. The molecular weight excluding hydrogens is 357 g/mol. The second-order valence-electron chi connectivity index (χ2n) is 6.31. The summed E-state index contributed by atoms with van der Waals surface area (Å²) in [5.74, 6) is -0.684. The first-order valence-electron chi connectivity index (χ1n) is 8.92. The Morgan fingerprint density at radius 3 is 2.61 bits per heavy atom. The van der Waals surface area contributed by atoms with E-state index >= 15 is 0 Å². The summed E-state index contributed by atoms with van der Waals surface area (Å²) >= 11 is 0. The van der Waals surface area contributed by atoms with E-state index in [0.717, 1.165) is 28.6 Å². The molecule has 0 bridgehead atoms. The third kappa shape index (κ3) is 3.34. The van der Waals surface area contributed by atoms with Crippen LogP contribution in [0, 0.1) is 5.82 Å². The lowest BCUT2D eigenvalue weighted by molar-refractivity contribution is 0.0937. The lowest BCUT2D eigenvalue weighted by Crippen LogP contribution is -2.30. The molecular formula is C21H18FN5O. The quantitative estimate of drug-likeness (QED) is 0.579. The van der Waals surface area contributed by atoms with Gasteiger partial charge in [-0.1, -0.05) is 12.1 Å². The fraction of sp³-hybridized carbons (Fsp3) is 0.143. The summed E-state index contributed by atoms with van der Waals surface area (Å²) in [7, 11) is 0. The van der Waals surface area contributed by atoms with E-state index in [-0.39, 0.29) is 17.4 Å². The van der Waals surface area contributed by atoms with E-state index in [1.165, 1.54) is 30.7 Å². The number of pyridine rings is 1. The van der Waals surface area contributed by atoms with Gasteiger partial charge in [-0.05, 0) is 30.7 Å². The van der Waals surface area contributed by atoms with Gasteiger partial charge in [0.1, 0.15) is 11.5 Å². The normalized spacial score (nSPS) is 12.1. The summed E-state index contributed by atoms with van der Waals surface area (Å²) in [4.78, 5) is 25.0. The molecule has 28 heavy (non-hydrogen) atoms. The minimum atomic E-state index is -0.479. The lowest BCUT2D eigenvalue weighted by atomic mass is 9.98. The maximum absolute atomic E-state index is 13.5. The molecule has 0 spiro atoms. The maximum atomic E-state index is 13.5. The molecule has 3 heterocycles. The van der Waals surface area contributed by atoms with Crippen LogP contribution >= 0.6 is 0 Å². The molecule has 0 fully saturated rings. The molecule has 1 N–H and O–H groups in total. The van der Waals surface area contributed by atoms with Crippen molar-refractivity contribution in [3.63, 3.8) is 0 Å². The molecule has 4 rings (SSSR count). The molecule has 0 aliphatic rings. The van der Waals surface area contributed by atoms with Crippen LogP contribution in [-0.4, -0.2) is 25.4 Å². The van der Waals surface area contributed by atoms with E-state index < -0.39 is 6.04 Å². The van der Waals surface area contributed by atoms with Crippen LogP contribution in [0.5, 0.6) is 0 Å². The number of aryl methyl sites for hydroxylation is 1. The van der Waals surface area contributed by atoms with Gasteiger partial charge in [0.2, 0.25) is 0 Å². The van der Waals surface area contributed by atoms with Crippen molar-refractivity contribution in [3.05, 3.63) is 90.2 Å². The van der Waals surface area contributed by atoms with Gasteiger partial charge in [0.25, 0.3) is 5.91 Å². The fourth-order valence-electron chi connectivity index (χ4n) is 3.28. The van der Waals surface area contributed by atoms with Crippen molar-refractivity contribution in [2.45, 2.75) is 19.5 Å². The first-order chi connectivity index (χ1) is 13.7. The molecule has 4 aromatic rings. The average molecular weight is 375 g/mol. The van der Waals surface area contributed by atoms with Gasteiger partial charge in [0, 0.05) is 42.3 Å². The van der Waals surface area contributed by atoms with E-state index in [9.17, 15) is 9.18 Å². The molecule has 0 aliphatic heterocycles. The van der Waals surface area contributed by atoms with Gasteiger partial charge in [-0.25, -0.2) is 9.37 Å². The maximum Gasteiger partial charge on any atom is 0.272 e. The SMILES string of the molecule is CCn1cc(C(NC(=O)c2cnccn2)c2ccc(F)cc2)c2ccncc21. The van der Waals surface area contributed by atoms with E-state index in [1.807, 2.05) is 19.2 Å². The van der Waals surface area contributed by atoms with Gasteiger partial charge < -0.3 is 9.88 Å². The number of hydrogen-bond donors (Lipinski definition) is 1. The number of halogens is 1. The van der Waals surface area contributed by atoms with Crippen LogP contribution in [-0.2, 0) is 6.54 Å². The molecule has 1 aromatic carbocycles. The highest BCUT2D eigenvalue weighted by Gasteiger charge is 2.23. The molecule has 0 saturated carbocycles. The number of rotatable bonds is 5. The number of nitrogens with zero attached hydrogens (tertiary/aromatic N) is 4. The standard InChI is InChI=1S/C21H18FN5O/c1-2-27-13-17(16-7-8-23-12-19(16)27)20(14-3-5-15(22)6-4-14)26-21(28)18-11-24-9-10-25-18/h3-13,20H,2H2,1H3,(H,26,28). The second-order valence-corrected chi connectivity index (χ2v) is 6.31. The Morgan fingerprint density at radius 2 is 1.89 bits per heavy atom. The van der Waals surface area contributed by atoms with Crippen LogP contribution in [0.25, 0.3) is 10.9 Å². The van der Waals surface area contributed by atoms with Crippen LogP contribution in [0.1, 0.15) is 34.6 Å². The summed E-state index contributed by atoms with van der Waals surface area (Å²) in [6.45, 7) is 2.80. The molecule has 1 amide bonds. The van der Waals surface area contributed by atoms with Gasteiger partial charge in [-0.15, -0.1) is 0 Å². The molecule has 1 atom stereocenters. The van der Waals surface area contributed by atoms with Gasteiger partial charge in [-0.2, -0.15) is 0 Å². The van der Waals surface area contributed by atoms with Crippen molar-refractivity contribution in [1.29, 1.82) is 0 Å². The largest absolute Gasteiger partial charge is 0.346 e. The van der Waals surface area contributed by atoms with E-state index in [2.05, 4.69) is 24.8 Å². The molecule has 0 radical (unpaired) electrons. The first-order valence-corrected chi connectivity index (χ1v) is 8.92. The highest BCUT2D eigenvalue weighted by molar-refractivity contribution is 5.93. The lowest BCUT2D eigenvalue weighted by Gasteiger charge is -2.19. The summed E-state index contributed by atoms with van der Waals surface area (Å²) in [5.41, 5.74) is 2.87. The Balaban J connectivity index is 1.82. The molecule has 140 valence electrons. The van der Waals surface area contributed by atoms with E-state index in [0.29, 0.717) is 0 Å². The van der Waals surface area contributed by atoms with Crippen LogP contribution in [0.15, 0.2) is 67.5 Å². The van der Waals surface area contributed by atoms with Crippen LogP contribution in [0.3, 0.4) is 0 Å². The Hall–Kier alpha value is -3.61. The van der Waals surface area contributed by atoms with E-state index in [1.54, 1.807) is 24.5 Å². The topological polar surface area (TPSA) is 72.7 Å². The third-order valence-corrected chi connectivity index (χ3v) is 4.64. The number of fused-ring (bicyclic) bond motifs is 1. The molecule has 3 aromatic heterocycles. The van der Waals surface area contributed by atoms with Crippen molar-refractivity contribution in [2.75, 3.05) is 0 Å². The van der Waals surface area contributed by atoms with Crippen molar-refractivity contribution in [3.8, 4) is 0 Å². The fourth-order valence-corrected chi connectivity index (χ4v) is 3.28. The summed E-state index contributed by atoms with van der Waals surface area (Å²) in [6.07, 6.45) is 9.91. The van der Waals surface area contributed by atoms with Crippen molar-refractivity contribution in [2.24, 2.45) is 0 Å². The number of amides is 1. The second kappa shape index (κ2) is 7.56.